The molecule has 0 fully saturated rings. The van der Waals surface area contributed by atoms with Crippen molar-refractivity contribution in [3.05, 3.63) is 65.2 Å². The number of nitrogens with one attached hydrogen (secondary N) is 1. The van der Waals surface area contributed by atoms with Crippen molar-refractivity contribution in [3.8, 4) is 5.75 Å². The van der Waals surface area contributed by atoms with Gasteiger partial charge in [0.05, 0.1) is 13.2 Å². The van der Waals surface area contributed by atoms with Crippen LogP contribution in [0.15, 0.2) is 42.5 Å². The van der Waals surface area contributed by atoms with Crippen LogP contribution < -0.4 is 10.1 Å². The number of rotatable bonds is 4. The van der Waals surface area contributed by atoms with E-state index in [9.17, 15) is 8.78 Å². The van der Waals surface area contributed by atoms with Crippen molar-refractivity contribution in [3.63, 3.8) is 0 Å². The van der Waals surface area contributed by atoms with Crippen molar-refractivity contribution >= 4 is 0 Å². The molecular weight excluding hydrogens is 248 g/mol. The predicted octanol–water partition coefficient (Wildman–Crippen LogP) is 3.28. The molecule has 0 aliphatic rings. The molecule has 0 heterocycles. The average Bonchev–Trinajstić information content (AvgIpc) is 2.43. The van der Waals surface area contributed by atoms with E-state index in [0.717, 1.165) is 0 Å². The van der Waals surface area contributed by atoms with Gasteiger partial charge in [-0.15, -0.1) is 0 Å². The largest absolute Gasteiger partial charge is 0.497 e. The first-order valence-electron chi connectivity index (χ1n) is 5.92. The van der Waals surface area contributed by atoms with E-state index in [1.807, 2.05) is 0 Å². The molecule has 2 aromatic carbocycles. The standard InChI is InChI=1S/C15H15F2NO/c1-18-15(11-5-3-4-6-13(11)16)12-8-7-10(19-2)9-14(12)17/h3-9,15,18H,1-2H3. The van der Waals surface area contributed by atoms with Crippen LogP contribution in [0.25, 0.3) is 0 Å². The van der Waals surface area contributed by atoms with Crippen molar-refractivity contribution in [2.75, 3.05) is 14.2 Å². The Morgan fingerprint density at radius 1 is 1.00 bits per heavy atom. The van der Waals surface area contributed by atoms with Crippen LogP contribution in [0.5, 0.6) is 5.75 Å². The maximum atomic E-state index is 14.0. The number of benzene rings is 2. The first kappa shape index (κ1) is 13.5. The summed E-state index contributed by atoms with van der Waals surface area (Å²) in [5.74, 6) is -0.358. The summed E-state index contributed by atoms with van der Waals surface area (Å²) >= 11 is 0. The van der Waals surface area contributed by atoms with Gasteiger partial charge in [0.2, 0.25) is 0 Å². The van der Waals surface area contributed by atoms with Gasteiger partial charge in [0.25, 0.3) is 0 Å². The summed E-state index contributed by atoms with van der Waals surface area (Å²) < 4.78 is 32.8. The SMILES string of the molecule is CNC(c1ccccc1F)c1ccc(OC)cc1F. The quantitative estimate of drug-likeness (QED) is 0.914. The van der Waals surface area contributed by atoms with Gasteiger partial charge in [-0.05, 0) is 19.2 Å². The minimum atomic E-state index is -0.535. The van der Waals surface area contributed by atoms with Gasteiger partial charge in [0.1, 0.15) is 17.4 Å². The molecule has 2 nitrogen and oxygen atoms in total. The van der Waals surface area contributed by atoms with E-state index >= 15 is 0 Å². The molecule has 1 N–H and O–H groups in total. The number of hydrogen-bond donors (Lipinski definition) is 1. The third-order valence-corrected chi connectivity index (χ3v) is 3.02. The summed E-state index contributed by atoms with van der Waals surface area (Å²) in [5.41, 5.74) is 0.794. The summed E-state index contributed by atoms with van der Waals surface area (Å²) in [5, 5.41) is 2.93. The Labute approximate surface area is 111 Å². The van der Waals surface area contributed by atoms with Crippen LogP contribution >= 0.6 is 0 Å². The van der Waals surface area contributed by atoms with E-state index in [2.05, 4.69) is 5.32 Å². The third-order valence-electron chi connectivity index (χ3n) is 3.02. The van der Waals surface area contributed by atoms with Gasteiger partial charge in [-0.25, -0.2) is 8.78 Å². The zero-order chi connectivity index (χ0) is 13.8. The predicted molar refractivity (Wildman–Crippen MR) is 70.3 cm³/mol. The molecule has 2 aromatic rings. The van der Waals surface area contributed by atoms with Gasteiger partial charge in [0, 0.05) is 17.2 Å². The van der Waals surface area contributed by atoms with E-state index in [0.29, 0.717) is 16.9 Å². The molecule has 0 saturated carbocycles. The lowest BCUT2D eigenvalue weighted by Gasteiger charge is -2.19. The first-order chi connectivity index (χ1) is 9.17. The molecule has 0 amide bonds. The molecule has 19 heavy (non-hydrogen) atoms. The van der Waals surface area contributed by atoms with Gasteiger partial charge in [-0.1, -0.05) is 24.3 Å². The lowest BCUT2D eigenvalue weighted by atomic mass is 9.98. The van der Waals surface area contributed by atoms with E-state index in [1.165, 1.54) is 19.2 Å². The summed E-state index contributed by atoms with van der Waals surface area (Å²) in [6.45, 7) is 0. The Hall–Kier alpha value is -1.94. The molecule has 0 aliphatic carbocycles. The smallest absolute Gasteiger partial charge is 0.132 e. The van der Waals surface area contributed by atoms with Gasteiger partial charge < -0.3 is 10.1 Å². The maximum Gasteiger partial charge on any atom is 0.132 e. The number of hydrogen-bond acceptors (Lipinski definition) is 2. The molecule has 1 unspecified atom stereocenters. The summed E-state index contributed by atoms with van der Waals surface area (Å²) in [6, 6.07) is 10.3. The molecule has 1 atom stereocenters. The van der Waals surface area contributed by atoms with Gasteiger partial charge >= 0.3 is 0 Å². The fourth-order valence-corrected chi connectivity index (χ4v) is 2.06. The second-order valence-corrected chi connectivity index (χ2v) is 4.13. The van der Waals surface area contributed by atoms with Crippen LogP contribution in [0.1, 0.15) is 17.2 Å². The highest BCUT2D eigenvalue weighted by Gasteiger charge is 2.19. The zero-order valence-corrected chi connectivity index (χ0v) is 10.8. The van der Waals surface area contributed by atoms with Crippen molar-refractivity contribution in [2.45, 2.75) is 6.04 Å². The van der Waals surface area contributed by atoms with Gasteiger partial charge in [-0.2, -0.15) is 0 Å². The van der Waals surface area contributed by atoms with Crippen LogP contribution in [0.4, 0.5) is 8.78 Å². The zero-order valence-electron chi connectivity index (χ0n) is 10.8. The van der Waals surface area contributed by atoms with Gasteiger partial charge in [-0.3, -0.25) is 0 Å². The third kappa shape index (κ3) is 2.74. The Morgan fingerprint density at radius 2 is 1.68 bits per heavy atom. The lowest BCUT2D eigenvalue weighted by molar-refractivity contribution is 0.410. The summed E-state index contributed by atoms with van der Waals surface area (Å²) in [4.78, 5) is 0. The normalized spacial score (nSPS) is 12.2. The van der Waals surface area contributed by atoms with Crippen molar-refractivity contribution in [2.24, 2.45) is 0 Å². The van der Waals surface area contributed by atoms with Crippen LogP contribution in [0.2, 0.25) is 0 Å². The highest BCUT2D eigenvalue weighted by molar-refractivity contribution is 5.37. The summed E-state index contributed by atoms with van der Waals surface area (Å²) in [6.07, 6.45) is 0. The molecule has 2 rings (SSSR count). The second kappa shape index (κ2) is 5.80. The molecule has 0 saturated heterocycles. The molecule has 0 aliphatic heterocycles. The van der Waals surface area contributed by atoms with Crippen molar-refractivity contribution < 1.29 is 13.5 Å². The Morgan fingerprint density at radius 3 is 2.26 bits per heavy atom. The number of ether oxygens (including phenoxy) is 1. The van der Waals surface area contributed by atoms with E-state index in [-0.39, 0.29) is 5.82 Å². The number of methoxy groups -OCH3 is 1. The molecule has 4 heteroatoms. The minimum absolute atomic E-state index is 0.364. The maximum absolute atomic E-state index is 14.0. The Bertz CT molecular complexity index is 572. The van der Waals surface area contributed by atoms with E-state index in [4.69, 9.17) is 4.74 Å². The average molecular weight is 263 g/mol. The second-order valence-electron chi connectivity index (χ2n) is 4.13. The van der Waals surface area contributed by atoms with Crippen molar-refractivity contribution in [1.29, 1.82) is 0 Å². The fourth-order valence-electron chi connectivity index (χ4n) is 2.06. The highest BCUT2D eigenvalue weighted by atomic mass is 19.1. The molecule has 0 spiro atoms. The van der Waals surface area contributed by atoms with Crippen molar-refractivity contribution in [1.82, 2.24) is 5.32 Å². The molecule has 0 bridgehead atoms. The van der Waals surface area contributed by atoms with Crippen LogP contribution in [0, 0.1) is 11.6 Å². The van der Waals surface area contributed by atoms with Gasteiger partial charge in [0.15, 0.2) is 0 Å². The highest BCUT2D eigenvalue weighted by Crippen LogP contribution is 2.28. The fraction of sp³-hybridized carbons (Fsp3) is 0.200. The lowest BCUT2D eigenvalue weighted by Crippen LogP contribution is -2.20. The van der Waals surface area contributed by atoms with Crippen LogP contribution in [-0.4, -0.2) is 14.2 Å². The Balaban J connectivity index is 2.46. The molecule has 0 aromatic heterocycles. The van der Waals surface area contributed by atoms with Crippen LogP contribution in [0.3, 0.4) is 0 Å². The van der Waals surface area contributed by atoms with E-state index < -0.39 is 11.9 Å². The van der Waals surface area contributed by atoms with E-state index in [1.54, 1.807) is 37.4 Å². The topological polar surface area (TPSA) is 21.3 Å². The monoisotopic (exact) mass is 263 g/mol. The summed E-state index contributed by atoms with van der Waals surface area (Å²) in [7, 11) is 3.14. The first-order valence-corrected chi connectivity index (χ1v) is 5.92. The molecule has 100 valence electrons. The van der Waals surface area contributed by atoms with Crippen LogP contribution in [-0.2, 0) is 0 Å². The minimum Gasteiger partial charge on any atom is -0.497 e. The Kier molecular flexibility index (Phi) is 4.12. The molecular formula is C15H15F2NO. The number of halogens is 2. The molecule has 0 radical (unpaired) electrons.